The SMILES string of the molecule is O=C(O)COCCNC(=O)C1C2CC3CC(C2)CC1C3. The van der Waals surface area contributed by atoms with Gasteiger partial charge in [0.2, 0.25) is 5.91 Å². The Morgan fingerprint density at radius 3 is 2.20 bits per heavy atom. The van der Waals surface area contributed by atoms with E-state index in [9.17, 15) is 9.59 Å². The Hall–Kier alpha value is -1.10. The minimum Gasteiger partial charge on any atom is -0.480 e. The van der Waals surface area contributed by atoms with Gasteiger partial charge in [-0.3, -0.25) is 4.79 Å². The van der Waals surface area contributed by atoms with Gasteiger partial charge in [0.15, 0.2) is 0 Å². The molecule has 2 N–H and O–H groups in total. The van der Waals surface area contributed by atoms with Crippen LogP contribution in [-0.4, -0.2) is 36.7 Å². The third kappa shape index (κ3) is 2.82. The molecule has 1 amide bonds. The van der Waals surface area contributed by atoms with E-state index in [1.165, 1.54) is 32.1 Å². The standard InChI is InChI=1S/C15H23NO4/c17-13(18)8-20-2-1-16-15(19)14-11-4-9-3-10(6-11)7-12(14)5-9/h9-12,14H,1-8H2,(H,16,19)(H,17,18). The summed E-state index contributed by atoms with van der Waals surface area (Å²) >= 11 is 0. The first-order valence-electron chi connectivity index (χ1n) is 7.70. The first-order valence-corrected chi connectivity index (χ1v) is 7.70. The van der Waals surface area contributed by atoms with Gasteiger partial charge in [0.05, 0.1) is 6.61 Å². The molecule has 0 unspecified atom stereocenters. The summed E-state index contributed by atoms with van der Waals surface area (Å²) in [4.78, 5) is 22.6. The number of amides is 1. The number of hydrogen-bond donors (Lipinski definition) is 2. The lowest BCUT2D eigenvalue weighted by molar-refractivity contribution is -0.142. The van der Waals surface area contributed by atoms with Gasteiger partial charge in [-0.1, -0.05) is 0 Å². The van der Waals surface area contributed by atoms with Gasteiger partial charge in [-0.25, -0.2) is 4.79 Å². The van der Waals surface area contributed by atoms with Gasteiger partial charge < -0.3 is 15.2 Å². The molecule has 0 atom stereocenters. The molecule has 0 aromatic rings. The molecule has 0 radical (unpaired) electrons. The molecule has 112 valence electrons. The van der Waals surface area contributed by atoms with E-state index in [1.54, 1.807) is 0 Å². The molecule has 0 aromatic carbocycles. The Morgan fingerprint density at radius 2 is 1.65 bits per heavy atom. The van der Waals surface area contributed by atoms with Crippen LogP contribution in [0.15, 0.2) is 0 Å². The molecule has 0 aromatic heterocycles. The number of carbonyl (C=O) groups excluding carboxylic acids is 1. The minimum absolute atomic E-state index is 0.165. The van der Waals surface area contributed by atoms with Crippen molar-refractivity contribution in [3.8, 4) is 0 Å². The van der Waals surface area contributed by atoms with Crippen molar-refractivity contribution in [1.29, 1.82) is 0 Å². The van der Waals surface area contributed by atoms with E-state index in [2.05, 4.69) is 5.32 Å². The molecule has 4 fully saturated rings. The van der Waals surface area contributed by atoms with Crippen molar-refractivity contribution in [2.45, 2.75) is 32.1 Å². The topological polar surface area (TPSA) is 75.6 Å². The van der Waals surface area contributed by atoms with Gasteiger partial charge in [0.1, 0.15) is 6.61 Å². The third-order valence-electron chi connectivity index (χ3n) is 5.30. The molecule has 20 heavy (non-hydrogen) atoms. The summed E-state index contributed by atoms with van der Waals surface area (Å²) in [5.74, 6) is 2.32. The van der Waals surface area contributed by atoms with Crippen LogP contribution >= 0.6 is 0 Å². The number of rotatable bonds is 6. The second-order valence-corrected chi connectivity index (χ2v) is 6.69. The van der Waals surface area contributed by atoms with E-state index in [-0.39, 0.29) is 25.0 Å². The highest BCUT2D eigenvalue weighted by Gasteiger charge is 2.50. The molecule has 5 heteroatoms. The van der Waals surface area contributed by atoms with Crippen LogP contribution in [0.25, 0.3) is 0 Å². The summed E-state index contributed by atoms with van der Waals surface area (Å²) in [5, 5.41) is 11.4. The average Bonchev–Trinajstić information content (AvgIpc) is 2.36. The molecule has 4 rings (SSSR count). The first-order chi connectivity index (χ1) is 9.63. The zero-order valence-corrected chi connectivity index (χ0v) is 11.7. The van der Waals surface area contributed by atoms with Crippen molar-refractivity contribution in [2.75, 3.05) is 19.8 Å². The van der Waals surface area contributed by atoms with E-state index < -0.39 is 5.97 Å². The molecule has 0 heterocycles. The molecule has 4 bridgehead atoms. The predicted octanol–water partition coefficient (Wildman–Crippen LogP) is 1.28. The van der Waals surface area contributed by atoms with Gasteiger partial charge in [-0.15, -0.1) is 0 Å². The van der Waals surface area contributed by atoms with Gasteiger partial charge in [-0.2, -0.15) is 0 Å². The lowest BCUT2D eigenvalue weighted by Gasteiger charge is -2.53. The minimum atomic E-state index is -0.975. The molecule has 4 aliphatic carbocycles. The molecule has 4 saturated carbocycles. The third-order valence-corrected chi connectivity index (χ3v) is 5.30. The fraction of sp³-hybridized carbons (Fsp3) is 0.867. The maximum atomic E-state index is 12.3. The van der Waals surface area contributed by atoms with Crippen LogP contribution in [0, 0.1) is 29.6 Å². The molecule has 4 aliphatic rings. The van der Waals surface area contributed by atoms with E-state index in [0.717, 1.165) is 11.8 Å². The Kier molecular flexibility index (Phi) is 3.96. The van der Waals surface area contributed by atoms with Crippen LogP contribution in [-0.2, 0) is 14.3 Å². The number of hydrogen-bond acceptors (Lipinski definition) is 3. The van der Waals surface area contributed by atoms with Crippen LogP contribution < -0.4 is 5.32 Å². The second-order valence-electron chi connectivity index (χ2n) is 6.69. The van der Waals surface area contributed by atoms with Crippen molar-refractivity contribution in [3.05, 3.63) is 0 Å². The van der Waals surface area contributed by atoms with Crippen LogP contribution in [0.4, 0.5) is 0 Å². The average molecular weight is 281 g/mol. The summed E-state index contributed by atoms with van der Waals surface area (Å²) in [6.45, 7) is 0.383. The number of carboxylic acid groups (broad SMARTS) is 1. The van der Waals surface area contributed by atoms with Crippen molar-refractivity contribution in [3.63, 3.8) is 0 Å². The zero-order chi connectivity index (χ0) is 14.1. The summed E-state index contributed by atoms with van der Waals surface area (Å²) in [7, 11) is 0. The summed E-state index contributed by atoms with van der Waals surface area (Å²) in [6, 6.07) is 0. The smallest absolute Gasteiger partial charge is 0.329 e. The molecular formula is C15H23NO4. The maximum Gasteiger partial charge on any atom is 0.329 e. The van der Waals surface area contributed by atoms with Crippen LogP contribution in [0.2, 0.25) is 0 Å². The highest BCUT2D eigenvalue weighted by atomic mass is 16.5. The monoisotopic (exact) mass is 281 g/mol. The highest BCUT2D eigenvalue weighted by molar-refractivity contribution is 5.79. The van der Waals surface area contributed by atoms with Gasteiger partial charge >= 0.3 is 5.97 Å². The number of nitrogens with one attached hydrogen (secondary N) is 1. The molecular weight excluding hydrogens is 258 g/mol. The van der Waals surface area contributed by atoms with E-state index in [4.69, 9.17) is 9.84 Å². The summed E-state index contributed by atoms with van der Waals surface area (Å²) < 4.78 is 4.94. The van der Waals surface area contributed by atoms with Crippen molar-refractivity contribution >= 4 is 11.9 Å². The Bertz CT molecular complexity index is 367. The van der Waals surface area contributed by atoms with Crippen molar-refractivity contribution in [1.82, 2.24) is 5.32 Å². The van der Waals surface area contributed by atoms with E-state index in [1.807, 2.05) is 0 Å². The quantitative estimate of drug-likeness (QED) is 0.719. The van der Waals surface area contributed by atoms with Gasteiger partial charge in [0.25, 0.3) is 0 Å². The Balaban J connectivity index is 1.45. The first kappa shape index (κ1) is 13.9. The molecule has 5 nitrogen and oxygen atoms in total. The second kappa shape index (κ2) is 5.72. The number of aliphatic carboxylic acids is 1. The summed E-state index contributed by atoms with van der Waals surface area (Å²) in [6.07, 6.45) is 6.34. The predicted molar refractivity (Wildman–Crippen MR) is 72.0 cm³/mol. The summed E-state index contributed by atoms with van der Waals surface area (Å²) in [5.41, 5.74) is 0. The zero-order valence-electron chi connectivity index (χ0n) is 11.7. The molecule has 0 aliphatic heterocycles. The molecule has 0 saturated heterocycles. The molecule has 0 spiro atoms. The van der Waals surface area contributed by atoms with E-state index >= 15 is 0 Å². The normalized spacial score (nSPS) is 37.9. The van der Waals surface area contributed by atoms with Crippen molar-refractivity contribution < 1.29 is 19.4 Å². The van der Waals surface area contributed by atoms with E-state index in [0.29, 0.717) is 18.4 Å². The lowest BCUT2D eigenvalue weighted by atomic mass is 9.51. The number of carboxylic acids is 1. The maximum absolute atomic E-state index is 12.3. The number of ether oxygens (including phenoxy) is 1. The Morgan fingerprint density at radius 1 is 1.05 bits per heavy atom. The Labute approximate surface area is 119 Å². The van der Waals surface area contributed by atoms with Crippen molar-refractivity contribution in [2.24, 2.45) is 29.6 Å². The van der Waals surface area contributed by atoms with Gasteiger partial charge in [-0.05, 0) is 55.8 Å². The van der Waals surface area contributed by atoms with Crippen LogP contribution in [0.3, 0.4) is 0 Å². The highest BCUT2D eigenvalue weighted by Crippen LogP contribution is 2.56. The largest absolute Gasteiger partial charge is 0.480 e. The lowest BCUT2D eigenvalue weighted by Crippen LogP contribution is -2.51. The van der Waals surface area contributed by atoms with Gasteiger partial charge in [0, 0.05) is 12.5 Å². The number of carbonyl (C=O) groups is 2. The fourth-order valence-corrected chi connectivity index (χ4v) is 4.88. The fourth-order valence-electron chi connectivity index (χ4n) is 4.88. The van der Waals surface area contributed by atoms with Crippen LogP contribution in [0.5, 0.6) is 0 Å². The van der Waals surface area contributed by atoms with Crippen LogP contribution in [0.1, 0.15) is 32.1 Å².